The molecule has 1 N–H and O–H groups in total. The molecule has 0 aliphatic rings. The Bertz CT molecular complexity index is 768. The molecule has 7 heteroatoms. The fourth-order valence-corrected chi connectivity index (χ4v) is 2.06. The highest BCUT2D eigenvalue weighted by atomic mass is 16.5. The average Bonchev–Trinajstić information content (AvgIpc) is 2.67. The van der Waals surface area contributed by atoms with Crippen LogP contribution in [0.5, 0.6) is 5.75 Å². The summed E-state index contributed by atoms with van der Waals surface area (Å²) in [6, 6.07) is 12.6. The van der Waals surface area contributed by atoms with Crippen molar-refractivity contribution in [3.63, 3.8) is 0 Å². The molecule has 0 unspecified atom stereocenters. The van der Waals surface area contributed by atoms with E-state index in [2.05, 4.69) is 10.1 Å². The van der Waals surface area contributed by atoms with Crippen LogP contribution in [-0.2, 0) is 14.3 Å². The Morgan fingerprint density at radius 2 is 1.46 bits per heavy atom. The zero-order valence-corrected chi connectivity index (χ0v) is 14.5. The van der Waals surface area contributed by atoms with Crippen LogP contribution in [0, 0.1) is 0 Å². The number of benzene rings is 2. The van der Waals surface area contributed by atoms with Crippen molar-refractivity contribution in [3.05, 3.63) is 59.7 Å². The number of rotatable bonds is 7. The van der Waals surface area contributed by atoms with Gasteiger partial charge in [-0.2, -0.15) is 0 Å². The smallest absolute Gasteiger partial charge is 0.338 e. The number of nitrogens with one attached hydrogen (secondary N) is 1. The molecule has 0 saturated heterocycles. The van der Waals surface area contributed by atoms with Gasteiger partial charge in [0.1, 0.15) is 5.75 Å². The van der Waals surface area contributed by atoms with Crippen molar-refractivity contribution in [2.75, 3.05) is 25.6 Å². The highest BCUT2D eigenvalue weighted by Gasteiger charge is 2.09. The van der Waals surface area contributed by atoms with E-state index in [1.54, 1.807) is 55.5 Å². The van der Waals surface area contributed by atoms with Gasteiger partial charge in [0.05, 0.1) is 24.8 Å². The van der Waals surface area contributed by atoms with Crippen molar-refractivity contribution in [2.24, 2.45) is 0 Å². The second-order valence-electron chi connectivity index (χ2n) is 5.15. The van der Waals surface area contributed by atoms with Crippen LogP contribution in [0.1, 0.15) is 27.6 Å². The molecular formula is C19H19NO6. The molecule has 1 amide bonds. The molecule has 0 fully saturated rings. The summed E-state index contributed by atoms with van der Waals surface area (Å²) >= 11 is 0. The van der Waals surface area contributed by atoms with E-state index in [4.69, 9.17) is 9.47 Å². The number of carbonyl (C=O) groups excluding carboxylic acids is 3. The summed E-state index contributed by atoms with van der Waals surface area (Å²) in [7, 11) is 1.30. The van der Waals surface area contributed by atoms with E-state index in [0.29, 0.717) is 29.2 Å². The van der Waals surface area contributed by atoms with E-state index < -0.39 is 11.9 Å². The lowest BCUT2D eigenvalue weighted by atomic mass is 10.2. The minimum atomic E-state index is -0.444. The molecule has 0 spiro atoms. The molecule has 0 aliphatic heterocycles. The average molecular weight is 357 g/mol. The summed E-state index contributed by atoms with van der Waals surface area (Å²) in [5.41, 5.74) is 1.34. The zero-order valence-electron chi connectivity index (χ0n) is 14.5. The van der Waals surface area contributed by atoms with Crippen LogP contribution in [0.15, 0.2) is 48.5 Å². The number of esters is 2. The summed E-state index contributed by atoms with van der Waals surface area (Å²) in [4.78, 5) is 34.8. The Balaban J connectivity index is 1.85. The lowest BCUT2D eigenvalue weighted by molar-refractivity contribution is -0.118. The van der Waals surface area contributed by atoms with E-state index in [1.807, 2.05) is 0 Å². The molecule has 2 aromatic rings. The van der Waals surface area contributed by atoms with Crippen molar-refractivity contribution in [2.45, 2.75) is 6.92 Å². The highest BCUT2D eigenvalue weighted by molar-refractivity contribution is 5.93. The van der Waals surface area contributed by atoms with Crippen LogP contribution >= 0.6 is 0 Å². The predicted octanol–water partition coefficient (Wildman–Crippen LogP) is 2.67. The summed E-state index contributed by atoms with van der Waals surface area (Å²) in [6.07, 6.45) is 0. The Morgan fingerprint density at radius 1 is 0.885 bits per heavy atom. The lowest BCUT2D eigenvalue weighted by Crippen LogP contribution is -2.20. The topological polar surface area (TPSA) is 90.9 Å². The molecule has 2 aromatic carbocycles. The summed E-state index contributed by atoms with van der Waals surface area (Å²) < 4.78 is 14.9. The zero-order chi connectivity index (χ0) is 18.9. The third-order valence-corrected chi connectivity index (χ3v) is 3.33. The predicted molar refractivity (Wildman–Crippen MR) is 94.3 cm³/mol. The molecule has 0 atom stereocenters. The maximum absolute atomic E-state index is 11.9. The third kappa shape index (κ3) is 5.34. The Morgan fingerprint density at radius 3 is 2.04 bits per heavy atom. The molecule has 0 radical (unpaired) electrons. The molecule has 136 valence electrons. The maximum Gasteiger partial charge on any atom is 0.338 e. The maximum atomic E-state index is 11.9. The van der Waals surface area contributed by atoms with Gasteiger partial charge >= 0.3 is 11.9 Å². The van der Waals surface area contributed by atoms with Gasteiger partial charge in [0.15, 0.2) is 6.61 Å². The monoisotopic (exact) mass is 357 g/mol. The van der Waals surface area contributed by atoms with E-state index in [0.717, 1.165) is 0 Å². The second kappa shape index (κ2) is 9.22. The first-order valence-corrected chi connectivity index (χ1v) is 7.91. The van der Waals surface area contributed by atoms with Crippen molar-refractivity contribution in [3.8, 4) is 5.75 Å². The SMILES string of the molecule is CCOC(=O)c1ccc(NC(=O)COc2ccc(C(=O)OC)cc2)cc1. The minimum Gasteiger partial charge on any atom is -0.484 e. The highest BCUT2D eigenvalue weighted by Crippen LogP contribution is 2.14. The summed E-state index contributed by atoms with van der Waals surface area (Å²) in [6.45, 7) is 1.84. The molecular weight excluding hydrogens is 338 g/mol. The van der Waals surface area contributed by atoms with Gasteiger partial charge in [-0.25, -0.2) is 9.59 Å². The number of carbonyl (C=O) groups is 3. The molecule has 0 saturated carbocycles. The molecule has 0 heterocycles. The number of amides is 1. The van der Waals surface area contributed by atoms with Crippen molar-refractivity contribution in [1.82, 2.24) is 0 Å². The van der Waals surface area contributed by atoms with Crippen LogP contribution in [-0.4, -0.2) is 38.2 Å². The van der Waals surface area contributed by atoms with Gasteiger partial charge in [0, 0.05) is 5.69 Å². The molecule has 0 aliphatic carbocycles. The van der Waals surface area contributed by atoms with Crippen LogP contribution in [0.4, 0.5) is 5.69 Å². The quantitative estimate of drug-likeness (QED) is 0.766. The standard InChI is InChI=1S/C19H19NO6/c1-3-25-19(23)14-4-8-15(9-5-14)20-17(21)12-26-16-10-6-13(7-11-16)18(22)24-2/h4-11H,3,12H2,1-2H3,(H,20,21). The van der Waals surface area contributed by atoms with E-state index in [-0.39, 0.29) is 12.5 Å². The number of methoxy groups -OCH3 is 1. The number of anilines is 1. The Kier molecular flexibility index (Phi) is 6.73. The first-order valence-electron chi connectivity index (χ1n) is 7.91. The second-order valence-corrected chi connectivity index (χ2v) is 5.15. The fraction of sp³-hybridized carbons (Fsp3) is 0.211. The van der Waals surface area contributed by atoms with Crippen molar-refractivity contribution >= 4 is 23.5 Å². The van der Waals surface area contributed by atoms with Gasteiger partial charge in [-0.05, 0) is 55.5 Å². The molecule has 26 heavy (non-hydrogen) atoms. The van der Waals surface area contributed by atoms with Gasteiger partial charge in [0.25, 0.3) is 5.91 Å². The van der Waals surface area contributed by atoms with E-state index in [9.17, 15) is 14.4 Å². The fourth-order valence-electron chi connectivity index (χ4n) is 2.06. The third-order valence-electron chi connectivity index (χ3n) is 3.33. The number of hydrogen-bond acceptors (Lipinski definition) is 6. The first-order chi connectivity index (χ1) is 12.5. The van der Waals surface area contributed by atoms with Crippen LogP contribution < -0.4 is 10.1 Å². The van der Waals surface area contributed by atoms with Gasteiger partial charge in [0.2, 0.25) is 0 Å². The number of ether oxygens (including phenoxy) is 3. The molecule has 0 bridgehead atoms. The van der Waals surface area contributed by atoms with E-state index >= 15 is 0 Å². The van der Waals surface area contributed by atoms with Crippen molar-refractivity contribution in [1.29, 1.82) is 0 Å². The Hall–Kier alpha value is -3.35. The molecule has 7 nitrogen and oxygen atoms in total. The summed E-state index contributed by atoms with van der Waals surface area (Å²) in [5.74, 6) is -0.763. The minimum absolute atomic E-state index is 0.197. The first kappa shape index (κ1) is 19.0. The largest absolute Gasteiger partial charge is 0.484 e. The molecule has 2 rings (SSSR count). The Labute approximate surface area is 150 Å². The van der Waals surface area contributed by atoms with Crippen LogP contribution in [0.3, 0.4) is 0 Å². The molecule has 0 aromatic heterocycles. The van der Waals surface area contributed by atoms with Crippen LogP contribution in [0.2, 0.25) is 0 Å². The lowest BCUT2D eigenvalue weighted by Gasteiger charge is -2.08. The van der Waals surface area contributed by atoms with Gasteiger partial charge in [-0.1, -0.05) is 0 Å². The van der Waals surface area contributed by atoms with Gasteiger partial charge < -0.3 is 19.5 Å². The normalized spacial score (nSPS) is 9.92. The summed E-state index contributed by atoms with van der Waals surface area (Å²) in [5, 5.41) is 2.66. The van der Waals surface area contributed by atoms with Gasteiger partial charge in [-0.3, -0.25) is 4.79 Å². The van der Waals surface area contributed by atoms with Crippen LogP contribution in [0.25, 0.3) is 0 Å². The van der Waals surface area contributed by atoms with Crippen molar-refractivity contribution < 1.29 is 28.6 Å². The van der Waals surface area contributed by atoms with Gasteiger partial charge in [-0.15, -0.1) is 0 Å². The van der Waals surface area contributed by atoms with E-state index in [1.165, 1.54) is 7.11 Å². The number of hydrogen-bond donors (Lipinski definition) is 1.